The lowest BCUT2D eigenvalue weighted by atomic mass is 10.2. The number of halogens is 1. The Morgan fingerprint density at radius 2 is 2.37 bits per heavy atom. The molecule has 1 N–H and O–H groups in total. The third-order valence-corrected chi connectivity index (χ3v) is 4.21. The highest BCUT2D eigenvalue weighted by Crippen LogP contribution is 2.30. The fraction of sp³-hybridized carbons (Fsp3) is 0.500. The van der Waals surface area contributed by atoms with E-state index in [0.717, 1.165) is 23.3 Å². The van der Waals surface area contributed by atoms with Crippen LogP contribution < -0.4 is 5.32 Å². The van der Waals surface area contributed by atoms with E-state index in [1.54, 1.807) is 18.4 Å². The first-order valence-electron chi connectivity index (χ1n) is 6.09. The van der Waals surface area contributed by atoms with Gasteiger partial charge < -0.3 is 10.1 Å². The number of thiazole rings is 1. The number of hydrogen-bond donors (Lipinski definition) is 1. The summed E-state index contributed by atoms with van der Waals surface area (Å²) in [5, 5.41) is 7.88. The lowest BCUT2D eigenvalue weighted by molar-refractivity contribution is 0.182. The van der Waals surface area contributed by atoms with E-state index >= 15 is 0 Å². The average Bonchev–Trinajstić information content (AvgIpc) is 3.04. The molecule has 1 unspecified atom stereocenters. The minimum Gasteiger partial charge on any atom is -0.383 e. The van der Waals surface area contributed by atoms with Gasteiger partial charge in [-0.25, -0.2) is 0 Å². The normalized spacial score (nSPS) is 12.8. The van der Waals surface area contributed by atoms with Crippen LogP contribution in [0, 0.1) is 0 Å². The zero-order chi connectivity index (χ0) is 13.7. The van der Waals surface area contributed by atoms with Crippen LogP contribution in [0.1, 0.15) is 23.5 Å². The van der Waals surface area contributed by atoms with Crippen molar-refractivity contribution in [2.75, 3.05) is 20.3 Å². The van der Waals surface area contributed by atoms with Crippen LogP contribution in [0.2, 0.25) is 0 Å². The molecule has 0 fully saturated rings. The Bertz CT molecular complexity index is 500. The molecule has 7 heteroatoms. The lowest BCUT2D eigenvalue weighted by Crippen LogP contribution is -2.25. The molecule has 0 aromatic carbocycles. The molecule has 5 nitrogen and oxygen atoms in total. The summed E-state index contributed by atoms with van der Waals surface area (Å²) in [7, 11) is 1.70. The van der Waals surface area contributed by atoms with Crippen LogP contribution in [-0.4, -0.2) is 35.0 Å². The molecular formula is C12H17BrN4OS. The van der Waals surface area contributed by atoms with Crippen LogP contribution >= 0.6 is 27.3 Å². The molecule has 0 radical (unpaired) electrons. The van der Waals surface area contributed by atoms with Gasteiger partial charge >= 0.3 is 0 Å². The molecule has 2 rings (SSSR count). The minimum absolute atomic E-state index is 0.103. The third-order valence-electron chi connectivity index (χ3n) is 2.76. The van der Waals surface area contributed by atoms with Crippen LogP contribution in [0.4, 0.5) is 0 Å². The fourth-order valence-corrected chi connectivity index (χ4v) is 3.14. The van der Waals surface area contributed by atoms with E-state index in [2.05, 4.69) is 38.3 Å². The van der Waals surface area contributed by atoms with Crippen molar-refractivity contribution in [2.24, 2.45) is 0 Å². The van der Waals surface area contributed by atoms with Crippen LogP contribution in [0.3, 0.4) is 0 Å². The van der Waals surface area contributed by atoms with Gasteiger partial charge in [0.25, 0.3) is 0 Å². The molecule has 0 bridgehead atoms. The largest absolute Gasteiger partial charge is 0.383 e. The predicted molar refractivity (Wildman–Crippen MR) is 79.4 cm³/mol. The summed E-state index contributed by atoms with van der Waals surface area (Å²) in [6.45, 7) is 4.35. The van der Waals surface area contributed by atoms with Gasteiger partial charge in [0.05, 0.1) is 41.1 Å². The van der Waals surface area contributed by atoms with Crippen molar-refractivity contribution in [3.05, 3.63) is 32.9 Å². The Hall–Kier alpha value is -0.760. The maximum absolute atomic E-state index is 5.13. The van der Waals surface area contributed by atoms with E-state index < -0.39 is 0 Å². The van der Waals surface area contributed by atoms with Gasteiger partial charge in [0.2, 0.25) is 0 Å². The maximum atomic E-state index is 5.13. The van der Waals surface area contributed by atoms with Crippen molar-refractivity contribution >= 4 is 27.3 Å². The smallest absolute Gasteiger partial charge is 0.0869 e. The summed E-state index contributed by atoms with van der Waals surface area (Å²) in [6.07, 6.45) is 3.73. The molecule has 2 heterocycles. The summed E-state index contributed by atoms with van der Waals surface area (Å²) in [6, 6.07) is 0.103. The minimum atomic E-state index is 0.103. The van der Waals surface area contributed by atoms with Crippen molar-refractivity contribution in [3.8, 4) is 0 Å². The number of methoxy groups -OCH3 is 1. The summed E-state index contributed by atoms with van der Waals surface area (Å²) >= 11 is 5.23. The molecule has 0 saturated carbocycles. The molecule has 0 aliphatic heterocycles. The molecule has 2 aromatic heterocycles. The van der Waals surface area contributed by atoms with Crippen LogP contribution in [-0.2, 0) is 11.3 Å². The molecule has 0 spiro atoms. The Labute approximate surface area is 125 Å². The molecule has 0 saturated heterocycles. The van der Waals surface area contributed by atoms with Crippen LogP contribution in [0.5, 0.6) is 0 Å². The fourth-order valence-electron chi connectivity index (χ4n) is 1.92. The van der Waals surface area contributed by atoms with Gasteiger partial charge in [-0.1, -0.05) is 6.92 Å². The first-order valence-corrected chi connectivity index (χ1v) is 7.77. The van der Waals surface area contributed by atoms with E-state index in [9.17, 15) is 0 Å². The van der Waals surface area contributed by atoms with Crippen LogP contribution in [0.15, 0.2) is 22.4 Å². The van der Waals surface area contributed by atoms with Crippen molar-refractivity contribution in [2.45, 2.75) is 19.5 Å². The van der Waals surface area contributed by atoms with E-state index in [-0.39, 0.29) is 6.04 Å². The first-order chi connectivity index (χ1) is 9.27. The van der Waals surface area contributed by atoms with Gasteiger partial charge in [-0.05, 0) is 22.5 Å². The molecule has 19 heavy (non-hydrogen) atoms. The Morgan fingerprint density at radius 1 is 1.53 bits per heavy atom. The summed E-state index contributed by atoms with van der Waals surface area (Å²) < 4.78 is 8.11. The summed E-state index contributed by atoms with van der Waals surface area (Å²) in [5.41, 5.74) is 2.96. The van der Waals surface area contributed by atoms with E-state index in [1.165, 1.54) is 4.88 Å². The quantitative estimate of drug-likeness (QED) is 0.838. The van der Waals surface area contributed by atoms with Gasteiger partial charge in [-0.3, -0.25) is 9.67 Å². The number of rotatable bonds is 7. The second-order valence-corrected chi connectivity index (χ2v) is 5.76. The van der Waals surface area contributed by atoms with Gasteiger partial charge in [0.1, 0.15) is 0 Å². The molecule has 0 amide bonds. The zero-order valence-corrected chi connectivity index (χ0v) is 13.4. The molecule has 104 valence electrons. The van der Waals surface area contributed by atoms with Crippen molar-refractivity contribution in [1.29, 1.82) is 0 Å². The zero-order valence-electron chi connectivity index (χ0n) is 11.0. The van der Waals surface area contributed by atoms with E-state index in [1.807, 2.05) is 22.6 Å². The number of hydrogen-bond acceptors (Lipinski definition) is 5. The number of ether oxygens (including phenoxy) is 1. The van der Waals surface area contributed by atoms with Crippen molar-refractivity contribution < 1.29 is 4.74 Å². The van der Waals surface area contributed by atoms with Gasteiger partial charge in [0.15, 0.2) is 0 Å². The highest BCUT2D eigenvalue weighted by molar-refractivity contribution is 9.10. The predicted octanol–water partition coefficient (Wildman–Crippen LogP) is 2.45. The second-order valence-electron chi connectivity index (χ2n) is 3.99. The third kappa shape index (κ3) is 3.42. The maximum Gasteiger partial charge on any atom is 0.0869 e. The first kappa shape index (κ1) is 14.6. The topological polar surface area (TPSA) is 52.0 Å². The van der Waals surface area contributed by atoms with E-state index in [0.29, 0.717) is 6.61 Å². The second kappa shape index (κ2) is 7.14. The monoisotopic (exact) mass is 344 g/mol. The van der Waals surface area contributed by atoms with Crippen molar-refractivity contribution in [1.82, 2.24) is 20.1 Å². The Kier molecular flexibility index (Phi) is 5.50. The summed E-state index contributed by atoms with van der Waals surface area (Å²) in [4.78, 5) is 5.35. The standard InChI is InChI=1S/C12H17BrN4OS/c1-3-15-11(10-7-14-8-19-10)12-9(13)6-16-17(12)4-5-18-2/h6-8,11,15H,3-5H2,1-2H3. The summed E-state index contributed by atoms with van der Waals surface area (Å²) in [5.74, 6) is 0. The Morgan fingerprint density at radius 3 is 3.00 bits per heavy atom. The van der Waals surface area contributed by atoms with Crippen molar-refractivity contribution in [3.63, 3.8) is 0 Å². The number of nitrogens with one attached hydrogen (secondary N) is 1. The number of nitrogens with zero attached hydrogens (tertiary/aromatic N) is 3. The average molecular weight is 345 g/mol. The van der Waals surface area contributed by atoms with Crippen LogP contribution in [0.25, 0.3) is 0 Å². The SMILES string of the molecule is CCNC(c1cncs1)c1c(Br)cnn1CCOC. The highest BCUT2D eigenvalue weighted by Gasteiger charge is 2.22. The number of aromatic nitrogens is 3. The molecule has 1 atom stereocenters. The lowest BCUT2D eigenvalue weighted by Gasteiger charge is -2.18. The molecular weight excluding hydrogens is 328 g/mol. The van der Waals surface area contributed by atoms with Gasteiger partial charge in [-0.2, -0.15) is 5.10 Å². The van der Waals surface area contributed by atoms with Gasteiger partial charge in [-0.15, -0.1) is 11.3 Å². The molecule has 0 aliphatic carbocycles. The molecule has 2 aromatic rings. The molecule has 0 aliphatic rings. The van der Waals surface area contributed by atoms with E-state index in [4.69, 9.17) is 4.74 Å². The highest BCUT2D eigenvalue weighted by atomic mass is 79.9. The van der Waals surface area contributed by atoms with Gasteiger partial charge in [0, 0.05) is 18.2 Å². The Balaban J connectivity index is 2.33.